The Bertz CT molecular complexity index is 536. The summed E-state index contributed by atoms with van der Waals surface area (Å²) in [4.78, 5) is 16.5. The van der Waals surface area contributed by atoms with Crippen molar-refractivity contribution in [2.45, 2.75) is 57.7 Å². The zero-order valence-electron chi connectivity index (χ0n) is 13.9. The number of pyridine rings is 1. The fraction of sp³-hybridized carbons (Fsp3) is 0.667. The Labute approximate surface area is 137 Å². The number of aromatic nitrogens is 1. The normalized spacial score (nSPS) is 25.7. The molecule has 1 heterocycles. The molecule has 2 aliphatic rings. The van der Waals surface area contributed by atoms with E-state index in [1.807, 2.05) is 6.92 Å². The van der Waals surface area contributed by atoms with Crippen LogP contribution in [0.5, 0.6) is 5.88 Å². The van der Waals surface area contributed by atoms with Crippen LogP contribution in [-0.4, -0.2) is 36.9 Å². The summed E-state index contributed by atoms with van der Waals surface area (Å²) in [7, 11) is 1.55. The molecule has 0 unspecified atom stereocenters. The van der Waals surface area contributed by atoms with Crippen LogP contribution in [-0.2, 0) is 9.47 Å². The number of hydrogen-bond donors (Lipinski definition) is 0. The lowest BCUT2D eigenvalue weighted by Crippen LogP contribution is -2.60. The lowest BCUT2D eigenvalue weighted by molar-refractivity contribution is -0.205. The third-order valence-corrected chi connectivity index (χ3v) is 5.29. The van der Waals surface area contributed by atoms with E-state index in [0.717, 1.165) is 25.9 Å². The quantitative estimate of drug-likeness (QED) is 0.779. The highest BCUT2D eigenvalue weighted by Gasteiger charge is 2.57. The van der Waals surface area contributed by atoms with E-state index < -0.39 is 0 Å². The molecule has 0 saturated heterocycles. The van der Waals surface area contributed by atoms with E-state index in [1.54, 1.807) is 19.2 Å². The Morgan fingerprint density at radius 1 is 1.26 bits per heavy atom. The van der Waals surface area contributed by atoms with Crippen molar-refractivity contribution in [3.05, 3.63) is 23.9 Å². The summed E-state index contributed by atoms with van der Waals surface area (Å²) in [5.41, 5.74) is 0.501. The first-order chi connectivity index (χ1) is 11.2. The van der Waals surface area contributed by atoms with Crippen LogP contribution >= 0.6 is 0 Å². The maximum absolute atomic E-state index is 12.4. The van der Waals surface area contributed by atoms with E-state index in [0.29, 0.717) is 11.4 Å². The number of hydrogen-bond acceptors (Lipinski definition) is 5. The van der Waals surface area contributed by atoms with Gasteiger partial charge in [0.2, 0.25) is 5.88 Å². The second-order valence-electron chi connectivity index (χ2n) is 6.46. The summed E-state index contributed by atoms with van der Waals surface area (Å²) >= 11 is 0. The van der Waals surface area contributed by atoms with Crippen LogP contribution < -0.4 is 4.74 Å². The van der Waals surface area contributed by atoms with Crippen LogP contribution in [0.2, 0.25) is 0 Å². The van der Waals surface area contributed by atoms with E-state index in [1.165, 1.54) is 25.5 Å². The van der Waals surface area contributed by atoms with Crippen molar-refractivity contribution in [2.75, 3.05) is 13.7 Å². The van der Waals surface area contributed by atoms with Crippen LogP contribution in [0.1, 0.15) is 55.8 Å². The number of methoxy groups -OCH3 is 1. The third kappa shape index (κ3) is 3.07. The minimum absolute atomic E-state index is 0.0316. The van der Waals surface area contributed by atoms with Crippen molar-refractivity contribution < 1.29 is 19.0 Å². The number of carbonyl (C=O) groups excluding carboxylic acids is 1. The molecule has 5 nitrogen and oxygen atoms in total. The Hall–Kier alpha value is -1.62. The van der Waals surface area contributed by atoms with Gasteiger partial charge in [0.15, 0.2) is 0 Å². The van der Waals surface area contributed by atoms with Crippen molar-refractivity contribution in [3.63, 3.8) is 0 Å². The van der Waals surface area contributed by atoms with Crippen molar-refractivity contribution >= 4 is 5.97 Å². The SMILES string of the molecule is CCO[C@H]1C[C@@H](OC(=O)c2ccc(OC)nc2)C12CCCCC2. The minimum atomic E-state index is -0.301. The molecule has 0 radical (unpaired) electrons. The smallest absolute Gasteiger partial charge is 0.340 e. The van der Waals surface area contributed by atoms with Gasteiger partial charge in [-0.25, -0.2) is 9.78 Å². The van der Waals surface area contributed by atoms with Crippen molar-refractivity contribution in [2.24, 2.45) is 5.41 Å². The van der Waals surface area contributed by atoms with Crippen molar-refractivity contribution in [3.8, 4) is 5.88 Å². The van der Waals surface area contributed by atoms with Gasteiger partial charge in [-0.15, -0.1) is 0 Å². The highest BCUT2D eigenvalue weighted by atomic mass is 16.6. The predicted molar refractivity (Wildman–Crippen MR) is 85.5 cm³/mol. The first kappa shape index (κ1) is 16.2. The zero-order valence-corrected chi connectivity index (χ0v) is 13.9. The lowest BCUT2D eigenvalue weighted by atomic mass is 9.56. The number of esters is 1. The molecule has 23 heavy (non-hydrogen) atoms. The van der Waals surface area contributed by atoms with Gasteiger partial charge < -0.3 is 14.2 Å². The standard InChI is InChI=1S/C18H25NO4/c1-3-22-14-11-15(18(14)9-5-4-6-10-18)23-17(20)13-7-8-16(21-2)19-12-13/h7-8,12,14-15H,3-6,9-11H2,1-2H3/t14-,15+/m0/s1. The van der Waals surface area contributed by atoms with E-state index in [-0.39, 0.29) is 23.6 Å². The molecule has 0 N–H and O–H groups in total. The van der Waals surface area contributed by atoms with Gasteiger partial charge in [-0.2, -0.15) is 0 Å². The second kappa shape index (κ2) is 6.87. The first-order valence-electron chi connectivity index (χ1n) is 8.52. The summed E-state index contributed by atoms with van der Waals surface area (Å²) in [5.74, 6) is 0.190. The first-order valence-corrected chi connectivity index (χ1v) is 8.52. The molecule has 1 aromatic heterocycles. The predicted octanol–water partition coefficient (Wildman–Crippen LogP) is 3.37. The van der Waals surface area contributed by atoms with Crippen LogP contribution in [0.3, 0.4) is 0 Å². The highest BCUT2D eigenvalue weighted by Crippen LogP contribution is 2.54. The third-order valence-electron chi connectivity index (χ3n) is 5.29. The lowest BCUT2D eigenvalue weighted by Gasteiger charge is -2.56. The Morgan fingerprint density at radius 2 is 2.04 bits per heavy atom. The summed E-state index contributed by atoms with van der Waals surface area (Å²) in [6.45, 7) is 2.74. The molecule has 2 saturated carbocycles. The number of ether oxygens (including phenoxy) is 3. The molecule has 2 aliphatic carbocycles. The molecule has 1 aromatic rings. The van der Waals surface area contributed by atoms with Gasteiger partial charge in [0, 0.05) is 30.7 Å². The zero-order chi connectivity index (χ0) is 16.3. The molecule has 2 atom stereocenters. The Kier molecular flexibility index (Phi) is 4.85. The largest absolute Gasteiger partial charge is 0.481 e. The van der Waals surface area contributed by atoms with Gasteiger partial charge in [0.05, 0.1) is 18.8 Å². The second-order valence-corrected chi connectivity index (χ2v) is 6.46. The summed E-state index contributed by atoms with van der Waals surface area (Å²) in [5, 5.41) is 0. The highest BCUT2D eigenvalue weighted by molar-refractivity contribution is 5.89. The topological polar surface area (TPSA) is 57.7 Å². The van der Waals surface area contributed by atoms with Gasteiger partial charge in [-0.1, -0.05) is 19.3 Å². The van der Waals surface area contributed by atoms with Crippen molar-refractivity contribution in [1.29, 1.82) is 0 Å². The molecule has 126 valence electrons. The average molecular weight is 319 g/mol. The van der Waals surface area contributed by atoms with E-state index in [4.69, 9.17) is 14.2 Å². The molecule has 2 fully saturated rings. The molecule has 0 bridgehead atoms. The Morgan fingerprint density at radius 3 is 2.65 bits per heavy atom. The molecule has 0 aliphatic heterocycles. The van der Waals surface area contributed by atoms with E-state index >= 15 is 0 Å². The van der Waals surface area contributed by atoms with Gasteiger partial charge in [-0.05, 0) is 25.8 Å². The fourth-order valence-electron chi connectivity index (χ4n) is 3.98. The average Bonchev–Trinajstić information content (AvgIpc) is 2.61. The molecule has 5 heteroatoms. The minimum Gasteiger partial charge on any atom is -0.481 e. The van der Waals surface area contributed by atoms with Crippen LogP contribution in [0, 0.1) is 5.41 Å². The fourth-order valence-corrected chi connectivity index (χ4v) is 3.98. The maximum atomic E-state index is 12.4. The summed E-state index contributed by atoms with van der Waals surface area (Å²) < 4.78 is 16.7. The molecule has 0 amide bonds. The molecule has 0 aromatic carbocycles. The van der Waals surface area contributed by atoms with Crippen LogP contribution in [0.4, 0.5) is 0 Å². The monoisotopic (exact) mass is 319 g/mol. The van der Waals surface area contributed by atoms with Crippen LogP contribution in [0.15, 0.2) is 18.3 Å². The number of carbonyl (C=O) groups is 1. The van der Waals surface area contributed by atoms with E-state index in [2.05, 4.69) is 4.98 Å². The Balaban J connectivity index is 1.67. The van der Waals surface area contributed by atoms with Gasteiger partial charge >= 0.3 is 5.97 Å². The van der Waals surface area contributed by atoms with Crippen LogP contribution in [0.25, 0.3) is 0 Å². The maximum Gasteiger partial charge on any atom is 0.340 e. The number of rotatable bonds is 5. The number of nitrogens with zero attached hydrogens (tertiary/aromatic N) is 1. The summed E-state index contributed by atoms with van der Waals surface area (Å²) in [6.07, 6.45) is 8.37. The van der Waals surface area contributed by atoms with Gasteiger partial charge in [0.1, 0.15) is 6.10 Å². The molecule has 3 rings (SSSR count). The van der Waals surface area contributed by atoms with E-state index in [9.17, 15) is 4.79 Å². The molecular formula is C18H25NO4. The van der Waals surface area contributed by atoms with Gasteiger partial charge in [-0.3, -0.25) is 0 Å². The molecule has 1 spiro atoms. The summed E-state index contributed by atoms with van der Waals surface area (Å²) in [6, 6.07) is 3.37. The molecular weight excluding hydrogens is 294 g/mol. The van der Waals surface area contributed by atoms with Gasteiger partial charge in [0.25, 0.3) is 0 Å². The van der Waals surface area contributed by atoms with Crippen molar-refractivity contribution in [1.82, 2.24) is 4.98 Å².